The molecule has 0 saturated heterocycles. The highest BCUT2D eigenvalue weighted by Crippen LogP contribution is 2.41. The summed E-state index contributed by atoms with van der Waals surface area (Å²) in [6.45, 7) is 11.2. The first-order chi connectivity index (χ1) is 34.9. The molecule has 3 heterocycles. The van der Waals surface area contributed by atoms with Gasteiger partial charge in [-0.15, -0.1) is 0 Å². The molecule has 0 fully saturated rings. The van der Waals surface area contributed by atoms with Gasteiger partial charge >= 0.3 is 0 Å². The van der Waals surface area contributed by atoms with Crippen molar-refractivity contribution in [2.24, 2.45) is 0 Å². The van der Waals surface area contributed by atoms with Crippen molar-refractivity contribution >= 4 is 31.9 Å². The minimum absolute atomic E-state index is 0.0134. The number of nitrogens with zero attached hydrogens (tertiary/aromatic N) is 3. The molecule has 3 nitrogen and oxygen atoms in total. The zero-order chi connectivity index (χ0) is 49.8. The topological polar surface area (TPSA) is 38.7 Å². The third-order valence-electron chi connectivity index (χ3n) is 13.9. The van der Waals surface area contributed by atoms with Crippen molar-refractivity contribution in [1.29, 1.82) is 0 Å². The fourth-order valence-corrected chi connectivity index (χ4v) is 10.5. The quantitative estimate of drug-likeness (QED) is 0.115. The number of rotatable bonds is 13. The summed E-state index contributed by atoms with van der Waals surface area (Å²) < 4.78 is 2.10. The number of hydrogen-bond acceptors (Lipinski definition) is 3. The molecular weight excluding hydrogens is 1010 g/mol. The highest BCUT2D eigenvalue weighted by Gasteiger charge is 2.19. The SMILES string of the molecule is Cc1cc(-c2cccc(Br)c2)ncc1CCc1cc(CCc2cnc(-c3cccc(Br)c3)cc2C)cc(-c2ccccc2-c2cnc(-c3cccc(C(C)(C)C)c3)cc2-c2ccc(-c3ccccc3)cc2)c1. The smallest absolute Gasteiger partial charge is 0.0708 e. The normalized spacial score (nSPS) is 11.5. The van der Waals surface area contributed by atoms with E-state index in [9.17, 15) is 0 Å². The van der Waals surface area contributed by atoms with Crippen molar-refractivity contribution in [1.82, 2.24) is 15.0 Å². The number of benzene rings is 7. The fourth-order valence-electron chi connectivity index (χ4n) is 9.72. The number of pyridine rings is 3. The molecule has 10 aromatic rings. The van der Waals surface area contributed by atoms with Gasteiger partial charge < -0.3 is 0 Å². The summed E-state index contributed by atoms with van der Waals surface area (Å²) in [5, 5.41) is 0. The Morgan fingerprint density at radius 2 is 0.819 bits per heavy atom. The van der Waals surface area contributed by atoms with E-state index in [1.165, 1.54) is 61.2 Å². The summed E-state index contributed by atoms with van der Waals surface area (Å²) >= 11 is 7.28. The largest absolute Gasteiger partial charge is 0.256 e. The van der Waals surface area contributed by atoms with Gasteiger partial charge in [0.1, 0.15) is 0 Å². The van der Waals surface area contributed by atoms with Gasteiger partial charge in [-0.1, -0.05) is 192 Å². The van der Waals surface area contributed by atoms with E-state index in [1.54, 1.807) is 0 Å². The minimum atomic E-state index is 0.0134. The number of aromatic nitrogens is 3. The maximum absolute atomic E-state index is 5.26. The Morgan fingerprint density at radius 1 is 0.347 bits per heavy atom. The summed E-state index contributed by atoms with van der Waals surface area (Å²) in [5.41, 5.74) is 24.5. The molecule has 5 heteroatoms. The molecule has 72 heavy (non-hydrogen) atoms. The molecule has 0 aliphatic carbocycles. The second kappa shape index (κ2) is 21.3. The van der Waals surface area contributed by atoms with E-state index in [2.05, 4.69) is 273 Å². The Balaban J connectivity index is 1.04. The van der Waals surface area contributed by atoms with Crippen molar-refractivity contribution < 1.29 is 0 Å². The Hall–Kier alpha value is -7.05. The predicted molar refractivity (Wildman–Crippen MR) is 309 cm³/mol. The Bertz CT molecular complexity index is 3440. The van der Waals surface area contributed by atoms with Crippen LogP contribution in [0.4, 0.5) is 0 Å². The summed E-state index contributed by atoms with van der Waals surface area (Å²) in [6.07, 6.45) is 9.77. The molecule has 354 valence electrons. The van der Waals surface area contributed by atoms with Gasteiger partial charge in [0.25, 0.3) is 0 Å². The average molecular weight is 1060 g/mol. The predicted octanol–water partition coefficient (Wildman–Crippen LogP) is 18.6. The second-order valence-electron chi connectivity index (χ2n) is 20.0. The van der Waals surface area contributed by atoms with Crippen molar-refractivity contribution in [2.75, 3.05) is 0 Å². The third-order valence-corrected chi connectivity index (χ3v) is 14.8. The summed E-state index contributed by atoms with van der Waals surface area (Å²) in [5.74, 6) is 0. The van der Waals surface area contributed by atoms with Crippen molar-refractivity contribution in [2.45, 2.75) is 65.7 Å². The van der Waals surface area contributed by atoms with Crippen LogP contribution in [0.1, 0.15) is 59.7 Å². The van der Waals surface area contributed by atoms with E-state index >= 15 is 0 Å². The Morgan fingerprint density at radius 3 is 1.38 bits per heavy atom. The van der Waals surface area contributed by atoms with Crippen LogP contribution in [0, 0.1) is 13.8 Å². The van der Waals surface area contributed by atoms with Crippen LogP contribution in [0.2, 0.25) is 0 Å². The molecule has 10 rings (SSSR count). The number of hydrogen-bond donors (Lipinski definition) is 0. The molecule has 0 atom stereocenters. The van der Waals surface area contributed by atoms with Gasteiger partial charge in [-0.3, -0.25) is 15.0 Å². The van der Waals surface area contributed by atoms with E-state index in [0.717, 1.165) is 90.7 Å². The third kappa shape index (κ3) is 11.2. The van der Waals surface area contributed by atoms with Gasteiger partial charge in [0.2, 0.25) is 0 Å². The van der Waals surface area contributed by atoms with Crippen LogP contribution in [0.25, 0.3) is 78.3 Å². The first-order valence-corrected chi connectivity index (χ1v) is 26.4. The first-order valence-electron chi connectivity index (χ1n) is 24.8. The Kier molecular flexibility index (Phi) is 14.4. The van der Waals surface area contributed by atoms with Gasteiger partial charge in [0, 0.05) is 49.8 Å². The van der Waals surface area contributed by atoms with Crippen LogP contribution < -0.4 is 0 Å². The van der Waals surface area contributed by atoms with Gasteiger partial charge in [-0.2, -0.15) is 0 Å². The highest BCUT2D eigenvalue weighted by atomic mass is 79.9. The summed E-state index contributed by atoms with van der Waals surface area (Å²) in [7, 11) is 0. The molecule has 0 spiro atoms. The molecule has 0 N–H and O–H groups in total. The molecular formula is C67H57Br2N3. The van der Waals surface area contributed by atoms with E-state index < -0.39 is 0 Å². The van der Waals surface area contributed by atoms with E-state index in [4.69, 9.17) is 15.0 Å². The molecule has 0 aliphatic rings. The van der Waals surface area contributed by atoms with Crippen molar-refractivity contribution in [3.63, 3.8) is 0 Å². The first kappa shape index (κ1) is 48.6. The van der Waals surface area contributed by atoms with Crippen LogP contribution >= 0.6 is 31.9 Å². The van der Waals surface area contributed by atoms with Gasteiger partial charge in [-0.05, 0) is 171 Å². The van der Waals surface area contributed by atoms with Crippen LogP contribution in [0.5, 0.6) is 0 Å². The lowest BCUT2D eigenvalue weighted by Crippen LogP contribution is -2.10. The molecule has 0 saturated carbocycles. The van der Waals surface area contributed by atoms with Gasteiger partial charge in [0.05, 0.1) is 17.1 Å². The van der Waals surface area contributed by atoms with Crippen LogP contribution in [-0.4, -0.2) is 15.0 Å². The van der Waals surface area contributed by atoms with E-state index in [-0.39, 0.29) is 5.41 Å². The fraction of sp³-hybridized carbons (Fsp3) is 0.149. The standard InChI is InChI=1S/C67H57Br2N3/c1-44-32-64(52-17-12-20-58(68)38-52)70-41-54(44)26-24-46-34-47(25-27-55-42-71-65(33-45(55)2)53-18-13-21-59(69)39-53)36-56(35-46)60-22-9-10-23-61(60)63-43-72-66(51-16-11-19-57(37-51)67(3,4)5)40-62(63)50-30-28-49(29-31-50)48-14-7-6-8-15-48/h6-23,28-43H,24-27H2,1-5H3. The van der Waals surface area contributed by atoms with E-state index in [0.29, 0.717) is 0 Å². The van der Waals surface area contributed by atoms with Crippen LogP contribution in [-0.2, 0) is 31.1 Å². The average Bonchev–Trinajstić information content (AvgIpc) is 3.40. The molecule has 0 bridgehead atoms. The monoisotopic (exact) mass is 1060 g/mol. The second-order valence-corrected chi connectivity index (χ2v) is 21.8. The number of aryl methyl sites for hydroxylation is 6. The van der Waals surface area contributed by atoms with Crippen molar-refractivity contribution in [3.8, 4) is 78.3 Å². The minimum Gasteiger partial charge on any atom is -0.256 e. The zero-order valence-corrected chi connectivity index (χ0v) is 44.7. The van der Waals surface area contributed by atoms with Gasteiger partial charge in [0.15, 0.2) is 0 Å². The lowest BCUT2D eigenvalue weighted by atomic mass is 9.85. The zero-order valence-electron chi connectivity index (χ0n) is 41.6. The summed E-state index contributed by atoms with van der Waals surface area (Å²) in [4.78, 5) is 15.2. The molecule has 7 aromatic carbocycles. The molecule has 0 aliphatic heterocycles. The van der Waals surface area contributed by atoms with Crippen molar-refractivity contribution in [3.05, 3.63) is 255 Å². The number of halogens is 2. The van der Waals surface area contributed by atoms with E-state index in [1.807, 2.05) is 0 Å². The molecule has 0 radical (unpaired) electrons. The van der Waals surface area contributed by atoms with Gasteiger partial charge in [-0.25, -0.2) is 0 Å². The molecule has 0 amide bonds. The highest BCUT2D eigenvalue weighted by molar-refractivity contribution is 9.10. The van der Waals surface area contributed by atoms with Crippen LogP contribution in [0.15, 0.2) is 216 Å². The molecule has 0 unspecified atom stereocenters. The maximum Gasteiger partial charge on any atom is 0.0708 e. The lowest BCUT2D eigenvalue weighted by Gasteiger charge is -2.20. The Labute approximate surface area is 442 Å². The molecule has 3 aromatic heterocycles. The lowest BCUT2D eigenvalue weighted by molar-refractivity contribution is 0.590. The van der Waals surface area contributed by atoms with Crippen LogP contribution in [0.3, 0.4) is 0 Å². The maximum atomic E-state index is 5.26. The summed E-state index contributed by atoms with van der Waals surface area (Å²) in [6, 6.07) is 68.1.